The van der Waals surface area contributed by atoms with Crippen LogP contribution in [0.1, 0.15) is 24.2 Å². The number of carbonyl (C=O) groups excluding carboxylic acids is 2. The zero-order valence-electron chi connectivity index (χ0n) is 12.9. The van der Waals surface area contributed by atoms with Crippen molar-refractivity contribution in [1.82, 2.24) is 5.32 Å². The third kappa shape index (κ3) is 4.81. The Morgan fingerprint density at radius 3 is 2.22 bits per heavy atom. The molecule has 0 unspecified atom stereocenters. The number of hydrogen-bond donors (Lipinski definition) is 3. The van der Waals surface area contributed by atoms with Gasteiger partial charge in [0.1, 0.15) is 5.82 Å². The predicted octanol–water partition coefficient (Wildman–Crippen LogP) is 3.61. The molecule has 5 nitrogen and oxygen atoms in total. The largest absolute Gasteiger partial charge is 0.350 e. The van der Waals surface area contributed by atoms with Gasteiger partial charge in [0.2, 0.25) is 0 Å². The lowest BCUT2D eigenvalue weighted by atomic mass is 10.2. The Kier molecular flexibility index (Phi) is 5.30. The second-order valence-electron chi connectivity index (χ2n) is 5.26. The van der Waals surface area contributed by atoms with Gasteiger partial charge in [-0.2, -0.15) is 0 Å². The zero-order valence-corrected chi connectivity index (χ0v) is 12.9. The Labute approximate surface area is 133 Å². The van der Waals surface area contributed by atoms with E-state index in [-0.39, 0.29) is 17.6 Å². The smallest absolute Gasteiger partial charge is 0.323 e. The number of carbonyl (C=O) groups is 2. The van der Waals surface area contributed by atoms with Crippen molar-refractivity contribution in [3.63, 3.8) is 0 Å². The van der Waals surface area contributed by atoms with Crippen molar-refractivity contribution in [2.24, 2.45) is 0 Å². The van der Waals surface area contributed by atoms with E-state index in [0.717, 1.165) is 0 Å². The van der Waals surface area contributed by atoms with Crippen LogP contribution < -0.4 is 16.0 Å². The standard InChI is InChI=1S/C17H18FN3O2/c1-11(2)19-16(22)12-7-9-13(10-8-12)20-17(23)21-15-6-4-3-5-14(15)18/h3-11H,1-2H3,(H,19,22)(H2,20,21,23). The lowest BCUT2D eigenvalue weighted by Gasteiger charge is -2.10. The Morgan fingerprint density at radius 1 is 0.957 bits per heavy atom. The maximum Gasteiger partial charge on any atom is 0.323 e. The van der Waals surface area contributed by atoms with Crippen molar-refractivity contribution in [2.75, 3.05) is 10.6 Å². The molecule has 0 aliphatic heterocycles. The molecule has 2 aromatic carbocycles. The summed E-state index contributed by atoms with van der Waals surface area (Å²) in [6, 6.07) is 11.8. The van der Waals surface area contributed by atoms with Crippen molar-refractivity contribution in [2.45, 2.75) is 19.9 Å². The number of halogens is 1. The van der Waals surface area contributed by atoms with Crippen molar-refractivity contribution >= 4 is 23.3 Å². The van der Waals surface area contributed by atoms with Crippen molar-refractivity contribution in [3.8, 4) is 0 Å². The van der Waals surface area contributed by atoms with E-state index < -0.39 is 11.8 Å². The van der Waals surface area contributed by atoms with E-state index in [1.807, 2.05) is 13.8 Å². The highest BCUT2D eigenvalue weighted by atomic mass is 19.1. The first kappa shape index (κ1) is 16.5. The Hall–Kier alpha value is -2.89. The number of benzene rings is 2. The van der Waals surface area contributed by atoms with Crippen molar-refractivity contribution in [1.29, 1.82) is 0 Å². The van der Waals surface area contributed by atoms with Gasteiger partial charge in [-0.05, 0) is 50.2 Å². The normalized spacial score (nSPS) is 10.3. The van der Waals surface area contributed by atoms with Crippen LogP contribution in [0.15, 0.2) is 48.5 Å². The molecule has 0 saturated heterocycles. The van der Waals surface area contributed by atoms with Crippen LogP contribution in [0, 0.1) is 5.82 Å². The van der Waals surface area contributed by atoms with E-state index in [1.54, 1.807) is 36.4 Å². The molecule has 3 amide bonds. The molecule has 0 aliphatic rings. The molecular weight excluding hydrogens is 297 g/mol. The van der Waals surface area contributed by atoms with Crippen LogP contribution >= 0.6 is 0 Å². The number of urea groups is 1. The molecule has 0 aliphatic carbocycles. The van der Waals surface area contributed by atoms with E-state index in [4.69, 9.17) is 0 Å². The molecular formula is C17H18FN3O2. The minimum Gasteiger partial charge on any atom is -0.350 e. The molecule has 0 aromatic heterocycles. The predicted molar refractivity (Wildman–Crippen MR) is 88.1 cm³/mol. The second-order valence-corrected chi connectivity index (χ2v) is 5.26. The van der Waals surface area contributed by atoms with E-state index in [9.17, 15) is 14.0 Å². The van der Waals surface area contributed by atoms with Crippen LogP contribution in [0.5, 0.6) is 0 Å². The lowest BCUT2D eigenvalue weighted by Crippen LogP contribution is -2.30. The van der Waals surface area contributed by atoms with Crippen molar-refractivity contribution < 1.29 is 14.0 Å². The summed E-state index contributed by atoms with van der Waals surface area (Å²) in [5.74, 6) is -0.689. The molecule has 120 valence electrons. The topological polar surface area (TPSA) is 70.2 Å². The van der Waals surface area contributed by atoms with Crippen LogP contribution in [-0.4, -0.2) is 18.0 Å². The van der Waals surface area contributed by atoms with E-state index in [1.165, 1.54) is 12.1 Å². The van der Waals surface area contributed by atoms with Gasteiger partial charge < -0.3 is 16.0 Å². The fourth-order valence-electron chi connectivity index (χ4n) is 1.90. The first-order valence-electron chi connectivity index (χ1n) is 7.19. The minimum absolute atomic E-state index is 0.0480. The van der Waals surface area contributed by atoms with Gasteiger partial charge in [0.25, 0.3) is 5.91 Å². The second kappa shape index (κ2) is 7.40. The fraction of sp³-hybridized carbons (Fsp3) is 0.176. The average Bonchev–Trinajstić information content (AvgIpc) is 2.49. The molecule has 23 heavy (non-hydrogen) atoms. The Balaban J connectivity index is 1.97. The summed E-state index contributed by atoms with van der Waals surface area (Å²) in [6.45, 7) is 3.75. The van der Waals surface area contributed by atoms with Gasteiger partial charge in [0, 0.05) is 17.3 Å². The van der Waals surface area contributed by atoms with Crippen LogP contribution in [-0.2, 0) is 0 Å². The van der Waals surface area contributed by atoms with Crippen LogP contribution in [0.25, 0.3) is 0 Å². The molecule has 0 bridgehead atoms. The Morgan fingerprint density at radius 2 is 1.61 bits per heavy atom. The van der Waals surface area contributed by atoms with Gasteiger partial charge in [0.05, 0.1) is 5.69 Å². The van der Waals surface area contributed by atoms with Gasteiger partial charge in [-0.3, -0.25) is 4.79 Å². The lowest BCUT2D eigenvalue weighted by molar-refractivity contribution is 0.0943. The fourth-order valence-corrected chi connectivity index (χ4v) is 1.90. The quantitative estimate of drug-likeness (QED) is 0.806. The van der Waals surface area contributed by atoms with Crippen LogP contribution in [0.4, 0.5) is 20.6 Å². The number of nitrogens with one attached hydrogen (secondary N) is 3. The molecule has 2 rings (SSSR count). The first-order chi connectivity index (χ1) is 11.0. The number of hydrogen-bond acceptors (Lipinski definition) is 2. The molecule has 0 saturated carbocycles. The van der Waals surface area contributed by atoms with E-state index in [0.29, 0.717) is 11.3 Å². The minimum atomic E-state index is -0.561. The molecule has 0 heterocycles. The summed E-state index contributed by atoms with van der Waals surface area (Å²) >= 11 is 0. The highest BCUT2D eigenvalue weighted by molar-refractivity contribution is 6.00. The van der Waals surface area contributed by atoms with Crippen LogP contribution in [0.3, 0.4) is 0 Å². The third-order valence-electron chi connectivity index (χ3n) is 2.95. The molecule has 0 fully saturated rings. The van der Waals surface area contributed by atoms with Crippen LogP contribution in [0.2, 0.25) is 0 Å². The highest BCUT2D eigenvalue weighted by Gasteiger charge is 2.09. The third-order valence-corrected chi connectivity index (χ3v) is 2.95. The average molecular weight is 315 g/mol. The summed E-state index contributed by atoms with van der Waals surface area (Å²) in [5.41, 5.74) is 1.09. The number of anilines is 2. The summed E-state index contributed by atoms with van der Waals surface area (Å²) in [7, 11) is 0. The zero-order chi connectivity index (χ0) is 16.8. The SMILES string of the molecule is CC(C)NC(=O)c1ccc(NC(=O)Nc2ccccc2F)cc1. The summed E-state index contributed by atoms with van der Waals surface area (Å²) in [5, 5.41) is 7.77. The molecule has 2 aromatic rings. The maximum atomic E-state index is 13.4. The number of para-hydroxylation sites is 1. The molecule has 0 radical (unpaired) electrons. The summed E-state index contributed by atoms with van der Waals surface area (Å²) in [4.78, 5) is 23.6. The molecule has 6 heteroatoms. The van der Waals surface area contributed by atoms with Gasteiger partial charge >= 0.3 is 6.03 Å². The Bertz CT molecular complexity index is 699. The molecule has 0 spiro atoms. The van der Waals surface area contributed by atoms with Gasteiger partial charge in [-0.15, -0.1) is 0 Å². The van der Waals surface area contributed by atoms with E-state index >= 15 is 0 Å². The monoisotopic (exact) mass is 315 g/mol. The summed E-state index contributed by atoms with van der Waals surface area (Å²) in [6.07, 6.45) is 0. The van der Waals surface area contributed by atoms with Crippen molar-refractivity contribution in [3.05, 3.63) is 59.9 Å². The van der Waals surface area contributed by atoms with Gasteiger partial charge in [-0.25, -0.2) is 9.18 Å². The number of rotatable bonds is 4. The first-order valence-corrected chi connectivity index (χ1v) is 7.19. The molecule has 0 atom stereocenters. The summed E-state index contributed by atoms with van der Waals surface area (Å²) < 4.78 is 13.4. The van der Waals surface area contributed by atoms with Gasteiger partial charge in [-0.1, -0.05) is 12.1 Å². The van der Waals surface area contributed by atoms with E-state index in [2.05, 4.69) is 16.0 Å². The van der Waals surface area contributed by atoms with Gasteiger partial charge in [0.15, 0.2) is 0 Å². The highest BCUT2D eigenvalue weighted by Crippen LogP contribution is 2.14. The molecule has 3 N–H and O–H groups in total. The number of amides is 3. The maximum absolute atomic E-state index is 13.4.